The van der Waals surface area contributed by atoms with Gasteiger partial charge in [0.2, 0.25) is 16.9 Å². The molecule has 8 nitrogen and oxygen atoms in total. The third-order valence-corrected chi connectivity index (χ3v) is 5.33. The van der Waals surface area contributed by atoms with Crippen molar-refractivity contribution in [3.05, 3.63) is 81.2 Å². The van der Waals surface area contributed by atoms with Gasteiger partial charge >= 0.3 is 5.97 Å². The Morgan fingerprint density at radius 1 is 1.12 bits per heavy atom. The van der Waals surface area contributed by atoms with Crippen LogP contribution in [0.1, 0.15) is 22.8 Å². The topological polar surface area (TPSA) is 108 Å². The summed E-state index contributed by atoms with van der Waals surface area (Å²) in [7, 11) is 0. The number of ether oxygens (including phenoxy) is 2. The number of furan rings is 1. The highest BCUT2D eigenvalue weighted by Crippen LogP contribution is 2.33. The van der Waals surface area contributed by atoms with E-state index in [0.717, 1.165) is 5.56 Å². The first-order valence-electron chi connectivity index (χ1n) is 10.4. The summed E-state index contributed by atoms with van der Waals surface area (Å²) >= 11 is 6.19. The lowest BCUT2D eigenvalue weighted by molar-refractivity contribution is -0.118. The maximum absolute atomic E-state index is 13.2. The Labute approximate surface area is 199 Å². The Hall–Kier alpha value is -4.04. The number of hydrogen-bond donors (Lipinski definition) is 1. The lowest BCUT2D eigenvalue weighted by Crippen LogP contribution is -2.24. The van der Waals surface area contributed by atoms with Crippen molar-refractivity contribution >= 4 is 40.1 Å². The molecule has 0 aliphatic carbocycles. The molecule has 174 valence electrons. The number of halogens is 1. The van der Waals surface area contributed by atoms with Crippen LogP contribution in [0.4, 0.5) is 5.69 Å². The molecule has 2 aromatic carbocycles. The maximum atomic E-state index is 13.2. The Kier molecular flexibility index (Phi) is 6.70. The molecule has 4 aromatic rings. The average molecular weight is 482 g/mol. The van der Waals surface area contributed by atoms with Crippen LogP contribution >= 0.6 is 11.6 Å². The minimum Gasteiger partial charge on any atom is -0.476 e. The van der Waals surface area contributed by atoms with Gasteiger partial charge in [0.15, 0.2) is 12.4 Å². The van der Waals surface area contributed by atoms with Crippen molar-refractivity contribution < 1.29 is 27.9 Å². The number of benzene rings is 2. The monoisotopic (exact) mass is 481 g/mol. The molecule has 2 heterocycles. The largest absolute Gasteiger partial charge is 0.476 e. The Bertz CT molecular complexity index is 1420. The molecule has 0 fully saturated rings. The molecular formula is C25H20ClNO7. The molecule has 1 N–H and O–H groups in total. The minimum absolute atomic E-state index is 0.0453. The van der Waals surface area contributed by atoms with E-state index < -0.39 is 23.9 Å². The second-order valence-corrected chi connectivity index (χ2v) is 7.67. The summed E-state index contributed by atoms with van der Waals surface area (Å²) < 4.78 is 21.9. The van der Waals surface area contributed by atoms with Crippen LogP contribution in [0.2, 0.25) is 5.02 Å². The fourth-order valence-electron chi connectivity index (χ4n) is 3.30. The van der Waals surface area contributed by atoms with E-state index in [9.17, 15) is 14.4 Å². The van der Waals surface area contributed by atoms with Crippen molar-refractivity contribution in [3.63, 3.8) is 0 Å². The number of amides is 1. The van der Waals surface area contributed by atoms with Gasteiger partial charge < -0.3 is 23.6 Å². The molecule has 0 saturated heterocycles. The van der Waals surface area contributed by atoms with Crippen LogP contribution < -0.4 is 15.5 Å². The number of carbonyl (C=O) groups excluding carboxylic acids is 2. The van der Waals surface area contributed by atoms with E-state index >= 15 is 0 Å². The van der Waals surface area contributed by atoms with Crippen molar-refractivity contribution in [2.24, 2.45) is 0 Å². The number of carbonyl (C=O) groups is 2. The molecular weight excluding hydrogens is 462 g/mol. The van der Waals surface area contributed by atoms with Gasteiger partial charge in [0.05, 0.1) is 29.5 Å². The Morgan fingerprint density at radius 2 is 1.91 bits per heavy atom. The first-order chi connectivity index (χ1) is 16.4. The van der Waals surface area contributed by atoms with Gasteiger partial charge in [0.25, 0.3) is 5.91 Å². The zero-order valence-electron chi connectivity index (χ0n) is 18.3. The van der Waals surface area contributed by atoms with Crippen LogP contribution in [0, 0.1) is 6.92 Å². The van der Waals surface area contributed by atoms with E-state index in [1.807, 2.05) is 0 Å². The molecule has 1 amide bonds. The quantitative estimate of drug-likeness (QED) is 0.361. The van der Waals surface area contributed by atoms with Crippen molar-refractivity contribution in [1.82, 2.24) is 0 Å². The summed E-state index contributed by atoms with van der Waals surface area (Å²) in [6.45, 7) is 3.15. The summed E-state index contributed by atoms with van der Waals surface area (Å²) in [5.74, 6) is -1.06. The van der Waals surface area contributed by atoms with Gasteiger partial charge in [-0.25, -0.2) is 4.79 Å². The number of nitrogens with one attached hydrogen (secondary N) is 1. The third-order valence-electron chi connectivity index (χ3n) is 4.92. The van der Waals surface area contributed by atoms with Gasteiger partial charge in [-0.3, -0.25) is 9.59 Å². The molecule has 0 aliphatic heterocycles. The second kappa shape index (κ2) is 9.84. The highest BCUT2D eigenvalue weighted by Gasteiger charge is 2.22. The zero-order valence-corrected chi connectivity index (χ0v) is 19.1. The summed E-state index contributed by atoms with van der Waals surface area (Å²) in [4.78, 5) is 38.0. The van der Waals surface area contributed by atoms with Crippen LogP contribution in [0.3, 0.4) is 0 Å². The van der Waals surface area contributed by atoms with Crippen LogP contribution in [-0.2, 0) is 9.53 Å². The van der Waals surface area contributed by atoms with Gasteiger partial charge in [-0.05, 0) is 55.8 Å². The van der Waals surface area contributed by atoms with E-state index in [0.29, 0.717) is 10.6 Å². The molecule has 0 saturated carbocycles. The van der Waals surface area contributed by atoms with Crippen LogP contribution in [-0.4, -0.2) is 25.1 Å². The van der Waals surface area contributed by atoms with Gasteiger partial charge in [-0.1, -0.05) is 23.7 Å². The molecule has 0 bridgehead atoms. The molecule has 4 rings (SSSR count). The smallest absolute Gasteiger partial charge is 0.340 e. The normalized spacial score (nSPS) is 10.8. The molecule has 0 aliphatic rings. The van der Waals surface area contributed by atoms with E-state index in [2.05, 4.69) is 5.32 Å². The molecule has 2 aromatic heterocycles. The summed E-state index contributed by atoms with van der Waals surface area (Å²) in [6.07, 6.45) is 1.43. The molecule has 34 heavy (non-hydrogen) atoms. The van der Waals surface area contributed by atoms with Gasteiger partial charge in [0, 0.05) is 5.02 Å². The van der Waals surface area contributed by atoms with Crippen LogP contribution in [0.15, 0.2) is 68.4 Å². The summed E-state index contributed by atoms with van der Waals surface area (Å²) in [6, 6.07) is 12.8. The first-order valence-corrected chi connectivity index (χ1v) is 10.8. The lowest BCUT2D eigenvalue weighted by atomic mass is 10.1. The van der Waals surface area contributed by atoms with Gasteiger partial charge in [0.1, 0.15) is 5.58 Å². The highest BCUT2D eigenvalue weighted by molar-refractivity contribution is 6.32. The Balaban J connectivity index is 1.64. The molecule has 0 spiro atoms. The number of rotatable bonds is 7. The molecule has 0 radical (unpaired) electrons. The van der Waals surface area contributed by atoms with E-state index in [1.165, 1.54) is 18.4 Å². The molecule has 0 unspecified atom stereocenters. The third kappa shape index (κ3) is 4.67. The molecule has 9 heteroatoms. The maximum Gasteiger partial charge on any atom is 0.340 e. The number of hydrogen-bond acceptors (Lipinski definition) is 7. The first kappa shape index (κ1) is 23.1. The predicted molar refractivity (Wildman–Crippen MR) is 126 cm³/mol. The number of esters is 1. The summed E-state index contributed by atoms with van der Waals surface area (Å²) in [5, 5.41) is 3.20. The average Bonchev–Trinajstić information content (AvgIpc) is 3.35. The fraction of sp³-hybridized carbons (Fsp3) is 0.160. The Morgan fingerprint density at radius 3 is 2.65 bits per heavy atom. The number of aryl methyl sites for hydroxylation is 1. The number of fused-ring (bicyclic) bond motifs is 1. The second-order valence-electron chi connectivity index (χ2n) is 7.27. The van der Waals surface area contributed by atoms with Gasteiger partial charge in [-0.15, -0.1) is 0 Å². The number of para-hydroxylation sites is 1. The van der Waals surface area contributed by atoms with Crippen LogP contribution in [0.25, 0.3) is 22.5 Å². The number of anilines is 1. The van der Waals surface area contributed by atoms with E-state index in [-0.39, 0.29) is 40.5 Å². The minimum atomic E-state index is -0.594. The van der Waals surface area contributed by atoms with Crippen molar-refractivity contribution in [1.29, 1.82) is 0 Å². The van der Waals surface area contributed by atoms with E-state index in [4.69, 9.17) is 29.9 Å². The van der Waals surface area contributed by atoms with Crippen molar-refractivity contribution in [2.75, 3.05) is 18.5 Å². The van der Waals surface area contributed by atoms with E-state index in [1.54, 1.807) is 50.2 Å². The standard InChI is InChI=1S/C25H20ClNO7/c1-3-31-25(30)15-7-4-5-8-18(15)27-21(28)13-33-24-22(29)16-12-17(26)14(2)11-20(16)34-23(24)19-9-6-10-32-19/h4-12H,3,13H2,1-2H3,(H,27,28). The lowest BCUT2D eigenvalue weighted by Gasteiger charge is -2.12. The van der Waals surface area contributed by atoms with Gasteiger partial charge in [-0.2, -0.15) is 0 Å². The SMILES string of the molecule is CCOC(=O)c1ccccc1NC(=O)COc1c(-c2ccco2)oc2cc(C)c(Cl)cc2c1=O. The molecule has 0 atom stereocenters. The van der Waals surface area contributed by atoms with Crippen molar-refractivity contribution in [2.45, 2.75) is 13.8 Å². The fourth-order valence-corrected chi connectivity index (χ4v) is 3.47. The zero-order chi connectivity index (χ0) is 24.2. The van der Waals surface area contributed by atoms with Crippen molar-refractivity contribution in [3.8, 4) is 17.3 Å². The summed E-state index contributed by atoms with van der Waals surface area (Å²) in [5.41, 5.74) is 0.988. The van der Waals surface area contributed by atoms with Crippen LogP contribution in [0.5, 0.6) is 5.75 Å². The predicted octanol–water partition coefficient (Wildman–Crippen LogP) is 5.21. The highest BCUT2D eigenvalue weighted by atomic mass is 35.5.